The Morgan fingerprint density at radius 1 is 1.27 bits per heavy atom. The normalized spacial score (nSPS) is 17.4. The van der Waals surface area contributed by atoms with Crippen molar-refractivity contribution in [3.63, 3.8) is 0 Å². The molecular formula is C23H32FN7O2. The Morgan fingerprint density at radius 2 is 2.03 bits per heavy atom. The van der Waals surface area contributed by atoms with Gasteiger partial charge in [0.15, 0.2) is 0 Å². The first kappa shape index (κ1) is 24.2. The lowest BCUT2D eigenvalue weighted by atomic mass is 10.0. The number of rotatable bonds is 7. The van der Waals surface area contributed by atoms with Gasteiger partial charge in [0.05, 0.1) is 12.2 Å². The maximum Gasteiger partial charge on any atom is 0.317 e. The minimum absolute atomic E-state index is 0.0443. The fourth-order valence-corrected chi connectivity index (χ4v) is 3.94. The highest BCUT2D eigenvalue weighted by molar-refractivity contribution is 6.09. The van der Waals surface area contributed by atoms with Crippen LogP contribution in [0.3, 0.4) is 0 Å². The Morgan fingerprint density at radius 3 is 2.67 bits per heavy atom. The van der Waals surface area contributed by atoms with Crippen molar-refractivity contribution in [2.24, 2.45) is 0 Å². The molecule has 0 saturated carbocycles. The second-order valence-electron chi connectivity index (χ2n) is 7.94. The average Bonchev–Trinajstić information content (AvgIpc) is 2.84. The molecule has 1 saturated heterocycles. The molecule has 9 nitrogen and oxygen atoms in total. The first-order valence-corrected chi connectivity index (χ1v) is 11.0. The van der Waals surface area contributed by atoms with Gasteiger partial charge in [-0.25, -0.2) is 9.18 Å². The van der Waals surface area contributed by atoms with Crippen LogP contribution in [0, 0.1) is 16.6 Å². The van der Waals surface area contributed by atoms with Gasteiger partial charge in [-0.05, 0) is 30.5 Å². The smallest absolute Gasteiger partial charge is 0.317 e. The number of nitrogens with one attached hydrogen (secondary N) is 6. The van der Waals surface area contributed by atoms with E-state index in [1.54, 1.807) is 37.3 Å². The molecule has 33 heavy (non-hydrogen) atoms. The van der Waals surface area contributed by atoms with Crippen LogP contribution in [0.1, 0.15) is 24.8 Å². The van der Waals surface area contributed by atoms with Crippen molar-refractivity contribution < 1.29 is 13.9 Å². The van der Waals surface area contributed by atoms with Gasteiger partial charge in [-0.1, -0.05) is 6.07 Å². The molecule has 0 bridgehead atoms. The topological polar surface area (TPSA) is 125 Å². The SMILES string of the molecule is CN/C=C(\C=N)c1ccc(NC(=N)C2=C(NC3CCOCC3)CCN(C(=O)NC)C2)c(F)c1. The quantitative estimate of drug-likeness (QED) is 0.277. The van der Waals surface area contributed by atoms with Crippen molar-refractivity contribution in [3.8, 4) is 0 Å². The number of halogens is 1. The summed E-state index contributed by atoms with van der Waals surface area (Å²) in [6, 6.07) is 4.61. The van der Waals surface area contributed by atoms with Crippen LogP contribution < -0.4 is 21.3 Å². The van der Waals surface area contributed by atoms with Gasteiger partial charge in [-0.3, -0.25) is 5.41 Å². The molecule has 178 valence electrons. The second kappa shape index (κ2) is 11.5. The van der Waals surface area contributed by atoms with Crippen LogP contribution in [0.4, 0.5) is 14.9 Å². The van der Waals surface area contributed by atoms with Gasteiger partial charge in [0, 0.05) is 75.6 Å². The largest absolute Gasteiger partial charge is 0.393 e. The van der Waals surface area contributed by atoms with Gasteiger partial charge in [-0.15, -0.1) is 0 Å². The number of hydrogen-bond acceptors (Lipinski definition) is 6. The number of ether oxygens (including phenoxy) is 1. The molecule has 2 heterocycles. The zero-order valence-electron chi connectivity index (χ0n) is 19.1. The van der Waals surface area contributed by atoms with Gasteiger partial charge in [-0.2, -0.15) is 0 Å². The Bertz CT molecular complexity index is 954. The molecule has 3 rings (SSSR count). The maximum atomic E-state index is 14.8. The van der Waals surface area contributed by atoms with E-state index in [1.807, 2.05) is 0 Å². The van der Waals surface area contributed by atoms with E-state index in [0.29, 0.717) is 42.9 Å². The fraction of sp³-hybridized carbons (Fsp3) is 0.435. The number of allylic oxidation sites excluding steroid dienone is 1. The minimum atomic E-state index is -0.528. The lowest BCUT2D eigenvalue weighted by Gasteiger charge is -2.34. The van der Waals surface area contributed by atoms with Crippen molar-refractivity contribution in [1.82, 2.24) is 20.9 Å². The minimum Gasteiger partial charge on any atom is -0.393 e. The zero-order valence-corrected chi connectivity index (χ0v) is 19.1. The summed E-state index contributed by atoms with van der Waals surface area (Å²) in [6.07, 6.45) is 5.11. The molecule has 0 radical (unpaired) electrons. The molecular weight excluding hydrogens is 425 g/mol. The number of hydrogen-bond donors (Lipinski definition) is 6. The molecule has 1 fully saturated rings. The highest BCUT2D eigenvalue weighted by Gasteiger charge is 2.27. The average molecular weight is 458 g/mol. The molecule has 0 spiro atoms. The number of amides is 2. The highest BCUT2D eigenvalue weighted by Crippen LogP contribution is 2.24. The third-order valence-electron chi connectivity index (χ3n) is 5.76. The standard InChI is InChI=1S/C23H32FN7O2/c1-27-13-16(12-25)15-3-4-21(19(24)11-15)30-22(26)18-14-31(23(32)28-2)8-5-20(18)29-17-6-9-33-10-7-17/h3-4,11-13,17,25,27,29H,5-10,14H2,1-2H3,(H2,26,30)(H,28,32)/b16-13+,25-12?. The van der Waals surface area contributed by atoms with E-state index in [1.165, 1.54) is 6.07 Å². The van der Waals surface area contributed by atoms with E-state index in [0.717, 1.165) is 24.8 Å². The first-order valence-electron chi connectivity index (χ1n) is 11.0. The number of urea groups is 1. The van der Waals surface area contributed by atoms with Crippen LogP contribution in [-0.2, 0) is 4.74 Å². The fourth-order valence-electron chi connectivity index (χ4n) is 3.94. The number of benzene rings is 1. The Hall–Kier alpha value is -3.40. The second-order valence-corrected chi connectivity index (χ2v) is 7.94. The highest BCUT2D eigenvalue weighted by atomic mass is 19.1. The van der Waals surface area contributed by atoms with E-state index < -0.39 is 5.82 Å². The summed E-state index contributed by atoms with van der Waals surface area (Å²) >= 11 is 0. The monoisotopic (exact) mass is 457 g/mol. The molecule has 6 N–H and O–H groups in total. The van der Waals surface area contributed by atoms with Gasteiger partial charge < -0.3 is 36.3 Å². The predicted octanol–water partition coefficient (Wildman–Crippen LogP) is 2.49. The molecule has 2 aliphatic heterocycles. The van der Waals surface area contributed by atoms with Crippen molar-refractivity contribution in [2.45, 2.75) is 25.3 Å². The summed E-state index contributed by atoms with van der Waals surface area (Å²) in [5.74, 6) is -0.484. The lowest BCUT2D eigenvalue weighted by molar-refractivity contribution is 0.0798. The summed E-state index contributed by atoms with van der Waals surface area (Å²) in [5, 5.41) is 28.1. The molecule has 0 atom stereocenters. The van der Waals surface area contributed by atoms with Gasteiger partial charge in [0.1, 0.15) is 11.7 Å². The molecule has 2 aliphatic rings. The number of anilines is 1. The third kappa shape index (κ3) is 6.10. The first-order chi connectivity index (χ1) is 16.0. The van der Waals surface area contributed by atoms with Gasteiger partial charge in [0.2, 0.25) is 0 Å². The Balaban J connectivity index is 1.83. The molecule has 1 aromatic rings. The summed E-state index contributed by atoms with van der Waals surface area (Å²) in [4.78, 5) is 13.8. The lowest BCUT2D eigenvalue weighted by Crippen LogP contribution is -2.47. The van der Waals surface area contributed by atoms with Crippen LogP contribution in [0.5, 0.6) is 0 Å². The number of amidine groups is 1. The summed E-state index contributed by atoms with van der Waals surface area (Å²) in [6.45, 7) is 2.17. The maximum absolute atomic E-state index is 14.8. The van der Waals surface area contributed by atoms with Crippen LogP contribution in [0.2, 0.25) is 0 Å². The molecule has 2 amide bonds. The zero-order chi connectivity index (χ0) is 23.8. The Labute approximate surface area is 193 Å². The predicted molar refractivity (Wildman–Crippen MR) is 128 cm³/mol. The van der Waals surface area contributed by atoms with Crippen molar-refractivity contribution in [2.75, 3.05) is 45.7 Å². The van der Waals surface area contributed by atoms with E-state index in [9.17, 15) is 9.18 Å². The summed E-state index contributed by atoms with van der Waals surface area (Å²) in [5.41, 5.74) is 2.79. The van der Waals surface area contributed by atoms with E-state index >= 15 is 0 Å². The Kier molecular flexibility index (Phi) is 8.42. The molecule has 10 heteroatoms. The summed E-state index contributed by atoms with van der Waals surface area (Å²) in [7, 11) is 3.29. The van der Waals surface area contributed by atoms with Crippen LogP contribution >= 0.6 is 0 Å². The van der Waals surface area contributed by atoms with Crippen LogP contribution in [0.15, 0.2) is 35.7 Å². The molecule has 0 unspecified atom stereocenters. The molecule has 1 aromatic carbocycles. The number of nitrogens with zero attached hydrogens (tertiary/aromatic N) is 1. The van der Waals surface area contributed by atoms with E-state index in [2.05, 4.69) is 21.3 Å². The number of carbonyl (C=O) groups excluding carboxylic acids is 1. The van der Waals surface area contributed by atoms with Crippen LogP contribution in [0.25, 0.3) is 5.57 Å². The van der Waals surface area contributed by atoms with Gasteiger partial charge >= 0.3 is 6.03 Å². The van der Waals surface area contributed by atoms with E-state index in [-0.39, 0.29) is 30.1 Å². The van der Waals surface area contributed by atoms with Crippen molar-refractivity contribution in [3.05, 3.63) is 47.0 Å². The van der Waals surface area contributed by atoms with E-state index in [4.69, 9.17) is 15.6 Å². The van der Waals surface area contributed by atoms with Crippen molar-refractivity contribution in [1.29, 1.82) is 10.8 Å². The summed E-state index contributed by atoms with van der Waals surface area (Å²) < 4.78 is 20.3. The third-order valence-corrected chi connectivity index (χ3v) is 5.76. The number of carbonyl (C=O) groups is 1. The molecule has 0 aromatic heterocycles. The van der Waals surface area contributed by atoms with Crippen LogP contribution in [-0.4, -0.2) is 69.4 Å². The van der Waals surface area contributed by atoms with Gasteiger partial charge in [0.25, 0.3) is 0 Å². The molecule has 0 aliphatic carbocycles. The van der Waals surface area contributed by atoms with Crippen molar-refractivity contribution >= 4 is 29.3 Å².